The van der Waals surface area contributed by atoms with Crippen LogP contribution in [0.15, 0.2) is 238 Å². The molecule has 0 atom stereocenters. The fourth-order valence-corrected chi connectivity index (χ4v) is 20.7. The number of benzene rings is 7. The van der Waals surface area contributed by atoms with Crippen LogP contribution in [0.3, 0.4) is 0 Å². The zero-order valence-corrected chi connectivity index (χ0v) is 82.7. The first-order valence-electron chi connectivity index (χ1n) is 51.2. The van der Waals surface area contributed by atoms with Gasteiger partial charge < -0.3 is 36.0 Å². The van der Waals surface area contributed by atoms with E-state index in [1.165, 1.54) is 149 Å². The number of carbonyl (C=O) groups excluding carboxylic acids is 4. The maximum absolute atomic E-state index is 13.2. The van der Waals surface area contributed by atoms with Crippen molar-refractivity contribution in [1.82, 2.24) is 105 Å². The molecule has 30 heteroatoms. The molecule has 144 heavy (non-hydrogen) atoms. The first-order chi connectivity index (χ1) is 70.6. The fourth-order valence-electron chi connectivity index (χ4n) is 20.7. The van der Waals surface area contributed by atoms with Gasteiger partial charge in [-0.2, -0.15) is 20.4 Å². The Labute approximate surface area is 840 Å². The molecule has 7 aliphatic rings. The van der Waals surface area contributed by atoms with E-state index >= 15 is 0 Å². The summed E-state index contributed by atoms with van der Waals surface area (Å²) in [4.78, 5) is 96.5. The molecule has 9 aromatic heterocycles. The minimum atomic E-state index is -0.265. The number of anilines is 5. The highest BCUT2D eigenvalue weighted by Crippen LogP contribution is 2.35. The predicted molar refractivity (Wildman–Crippen MR) is 571 cm³/mol. The van der Waals surface area contributed by atoms with Gasteiger partial charge in [-0.15, -0.1) is 0 Å². The Hall–Kier alpha value is -14.5. The SMILES string of the molecule is CN(C)Cc1ccc(NC(=O)c2n[nH]c3ccc(-c4cncc(CN5CCCC5)c4)cc23)cc1.CN1CCN(c2ccc(NC(=O)c3n[nH]c4ccc(-c5cncc(CN6CCCC6)c5)cc34)cn2)CC1.O=C(Nc1ccc(CN2CCCC2)cc1)c1n[nH]c2ccc(-c3cncc(CN4CCCC4)c3)cc12.O=C(Nc1ccc(CN2CCCCC2)cc1)c1n[nH]c2ccc(-c3cncc(CN4CCCC4)c3)cc12. The molecular weight excluding hydrogens is 1800 g/mol. The average molecular weight is 1930 g/mol. The van der Waals surface area contributed by atoms with E-state index < -0.39 is 0 Å². The van der Waals surface area contributed by atoms with Gasteiger partial charge in [0.2, 0.25) is 0 Å². The minimum absolute atomic E-state index is 0.215. The van der Waals surface area contributed by atoms with Crippen molar-refractivity contribution < 1.29 is 19.2 Å². The summed E-state index contributed by atoms with van der Waals surface area (Å²) in [6.07, 6.45) is 33.7. The molecule has 7 saturated heterocycles. The predicted octanol–water partition coefficient (Wildman–Crippen LogP) is 18.7. The van der Waals surface area contributed by atoms with Crippen molar-refractivity contribution in [3.8, 4) is 44.5 Å². The molecule has 8 N–H and O–H groups in total. The Balaban J connectivity index is 0.000000117. The molecule has 23 rings (SSSR count). The first kappa shape index (κ1) is 97.0. The van der Waals surface area contributed by atoms with E-state index in [1.807, 2.05) is 185 Å². The fraction of sp³-hybridized carbons (Fsp3) is 0.342. The lowest BCUT2D eigenvalue weighted by Gasteiger charge is -2.33. The van der Waals surface area contributed by atoms with Crippen molar-refractivity contribution in [2.75, 3.05) is 152 Å². The van der Waals surface area contributed by atoms with Crippen molar-refractivity contribution >= 4 is 95.8 Å². The number of H-pyrrole nitrogens is 4. The highest BCUT2D eigenvalue weighted by atomic mass is 16.2. The topological polar surface area (TPSA) is 325 Å². The van der Waals surface area contributed by atoms with Crippen LogP contribution in [-0.2, 0) is 45.8 Å². The van der Waals surface area contributed by atoms with Crippen LogP contribution in [0.1, 0.15) is 164 Å². The van der Waals surface area contributed by atoms with E-state index in [-0.39, 0.29) is 23.6 Å². The van der Waals surface area contributed by atoms with Crippen LogP contribution < -0.4 is 26.2 Å². The summed E-state index contributed by atoms with van der Waals surface area (Å²) in [6.45, 7) is 24.4. The van der Waals surface area contributed by atoms with Crippen LogP contribution >= 0.6 is 0 Å². The van der Waals surface area contributed by atoms with Gasteiger partial charge in [-0.25, -0.2) is 4.98 Å². The molecule has 0 bridgehead atoms. The maximum Gasteiger partial charge on any atom is 0.276 e. The lowest BCUT2D eigenvalue weighted by atomic mass is 10.0. The van der Waals surface area contributed by atoms with E-state index in [2.05, 4.69) is 199 Å². The quantitative estimate of drug-likeness (QED) is 0.0237. The van der Waals surface area contributed by atoms with Crippen molar-refractivity contribution in [3.63, 3.8) is 0 Å². The number of likely N-dealkylation sites (N-methyl/N-ethyl adjacent to an activating group) is 1. The normalized spacial score (nSPS) is 16.2. The second-order valence-electron chi connectivity index (χ2n) is 39.8. The number of likely N-dealkylation sites (tertiary alicyclic amines) is 6. The number of rotatable bonds is 27. The zero-order valence-electron chi connectivity index (χ0n) is 82.7. The molecule has 7 fully saturated rings. The van der Waals surface area contributed by atoms with E-state index in [9.17, 15) is 19.2 Å². The number of pyridine rings is 5. The number of aromatic nitrogens is 13. The maximum atomic E-state index is 13.2. The molecule has 4 amide bonds. The van der Waals surface area contributed by atoms with Crippen molar-refractivity contribution in [2.45, 2.75) is 129 Å². The lowest BCUT2D eigenvalue weighted by molar-refractivity contribution is 0.101. The monoisotopic (exact) mass is 1930 g/mol. The number of piperidine rings is 1. The number of hydrogen-bond donors (Lipinski definition) is 8. The molecular formula is C114H128N26O4. The number of nitrogens with zero attached hydrogens (tertiary/aromatic N) is 18. The van der Waals surface area contributed by atoms with E-state index in [0.29, 0.717) is 28.5 Å². The molecule has 7 aliphatic heterocycles. The first-order valence-corrected chi connectivity index (χ1v) is 51.2. The minimum Gasteiger partial charge on any atom is -0.354 e. The summed E-state index contributed by atoms with van der Waals surface area (Å²) >= 11 is 0. The van der Waals surface area contributed by atoms with E-state index in [0.717, 1.165) is 235 Å². The molecule has 16 aromatic rings. The summed E-state index contributed by atoms with van der Waals surface area (Å²) in [7, 11) is 6.20. The Morgan fingerprint density at radius 2 is 0.535 bits per heavy atom. The van der Waals surface area contributed by atoms with Gasteiger partial charge in [0.15, 0.2) is 22.8 Å². The molecule has 0 saturated carbocycles. The van der Waals surface area contributed by atoms with Crippen LogP contribution in [-0.4, -0.2) is 254 Å². The number of carbonyl (C=O) groups is 4. The summed E-state index contributed by atoms with van der Waals surface area (Å²) in [5, 5.41) is 44.4. The van der Waals surface area contributed by atoms with E-state index in [1.54, 1.807) is 6.20 Å². The molecule has 16 heterocycles. The van der Waals surface area contributed by atoms with Gasteiger partial charge in [-0.3, -0.25) is 88.9 Å². The van der Waals surface area contributed by atoms with E-state index in [4.69, 9.17) is 0 Å². The second-order valence-corrected chi connectivity index (χ2v) is 39.8. The van der Waals surface area contributed by atoms with Gasteiger partial charge in [0.1, 0.15) is 5.82 Å². The van der Waals surface area contributed by atoms with Gasteiger partial charge >= 0.3 is 0 Å². The number of fused-ring (bicyclic) bond motifs is 4. The molecule has 738 valence electrons. The summed E-state index contributed by atoms with van der Waals surface area (Å²) in [5.41, 5.74) is 24.7. The molecule has 0 radical (unpaired) electrons. The van der Waals surface area contributed by atoms with Gasteiger partial charge in [-0.1, -0.05) is 67.1 Å². The molecule has 0 aliphatic carbocycles. The Morgan fingerprint density at radius 1 is 0.271 bits per heavy atom. The third kappa shape index (κ3) is 24.9. The largest absolute Gasteiger partial charge is 0.354 e. The number of nitrogens with one attached hydrogen (secondary N) is 8. The highest BCUT2D eigenvalue weighted by molar-refractivity contribution is 6.15. The number of piperazine rings is 1. The summed E-state index contributed by atoms with van der Waals surface area (Å²) < 4.78 is 0. The zero-order chi connectivity index (χ0) is 98.0. The van der Waals surface area contributed by atoms with Crippen LogP contribution in [0.5, 0.6) is 0 Å². The summed E-state index contributed by atoms with van der Waals surface area (Å²) in [5.74, 6) is 0.00403. The molecule has 0 spiro atoms. The van der Waals surface area contributed by atoms with Crippen LogP contribution in [0.25, 0.3) is 88.1 Å². The second kappa shape index (κ2) is 46.3. The van der Waals surface area contributed by atoms with Gasteiger partial charge in [0, 0.05) is 182 Å². The number of hydrogen-bond acceptors (Lipinski definition) is 22. The molecule has 7 aromatic carbocycles. The van der Waals surface area contributed by atoms with Gasteiger partial charge in [0.25, 0.3) is 23.6 Å². The third-order valence-electron chi connectivity index (χ3n) is 28.5. The number of aromatic amines is 4. The standard InChI is InChI=1S/C30H34N6O.C29H32N6O.C28H32N8O.C27H30N6O/c37-30(32-26-9-6-22(7-10-26)20-35-12-2-1-3-13-35)29-27-17-24(8-11-28(27)33-34-29)25-16-23(18-31-19-25)21-36-14-4-5-15-36;36-29(31-25-8-5-21(6-9-25)19-34-11-1-2-12-34)28-26-16-23(7-10-27(26)32-33-28)24-15-22(17-30-18-24)20-35-13-3-4-14-35;1-34-10-12-36(13-11-34)26-7-5-23(18-30-26)31-28(37)27-24-15-21(4-6-25(24)32-33-27)22-14-20(16-29-17-22)19-35-8-2-3-9-35;1-32(2)17-19-5-8-23(9-6-19)29-27(34)26-24-14-21(7-10-25(24)30-31-26)22-13-20(15-28-16-22)18-33-11-3-4-12-33/h6-11,16-19H,1-5,12-15,20-21H2,(H,32,37)(H,33,34);5-10,15-18H,1-4,11-14,19-20H2,(H,31,36)(H,32,33);4-7,14-18H,2-3,8-13,19H2,1H3,(H,31,37)(H,32,33);5-10,13-16H,3-4,11-12,17-18H2,1-2H3,(H,29,34)(H,30,31). The van der Waals surface area contributed by atoms with Gasteiger partial charge in [0.05, 0.1) is 34.0 Å². The molecule has 0 unspecified atom stereocenters. The van der Waals surface area contributed by atoms with Crippen molar-refractivity contribution in [1.29, 1.82) is 0 Å². The van der Waals surface area contributed by atoms with Crippen LogP contribution in [0.2, 0.25) is 0 Å². The molecule has 30 nitrogen and oxygen atoms in total. The summed E-state index contributed by atoms with van der Waals surface area (Å²) in [6, 6.07) is 61.1. The smallest absolute Gasteiger partial charge is 0.276 e. The number of amides is 4. The Bertz CT molecular complexity index is 7070. The Kier molecular flexibility index (Phi) is 31.2. The average Bonchev–Trinajstić information content (AvgIpc) is 1.65. The highest BCUT2D eigenvalue weighted by Gasteiger charge is 2.26. The van der Waals surface area contributed by atoms with Crippen molar-refractivity contribution in [3.05, 3.63) is 299 Å². The van der Waals surface area contributed by atoms with Gasteiger partial charge in [-0.05, 0) is 359 Å². The van der Waals surface area contributed by atoms with Crippen molar-refractivity contribution in [2.24, 2.45) is 0 Å². The van der Waals surface area contributed by atoms with Crippen LogP contribution in [0, 0.1) is 0 Å². The third-order valence-corrected chi connectivity index (χ3v) is 28.5. The Morgan fingerprint density at radius 3 is 0.812 bits per heavy atom. The lowest BCUT2D eigenvalue weighted by Crippen LogP contribution is -2.44. The van der Waals surface area contributed by atoms with Crippen LogP contribution in [0.4, 0.5) is 28.6 Å².